The SMILES string of the molecule is NC(=O)c1cccc2c(-c3nc(NCc4ccccc4)c4c(n3)OCC4)occ12. The van der Waals surface area contributed by atoms with Crippen molar-refractivity contribution in [2.45, 2.75) is 13.0 Å². The molecule has 0 unspecified atom stereocenters. The highest BCUT2D eigenvalue weighted by atomic mass is 16.5. The number of amides is 1. The molecule has 5 rings (SSSR count). The summed E-state index contributed by atoms with van der Waals surface area (Å²) in [5.41, 5.74) is 7.98. The predicted molar refractivity (Wildman–Crippen MR) is 109 cm³/mol. The van der Waals surface area contributed by atoms with E-state index in [9.17, 15) is 4.79 Å². The standard InChI is InChI=1S/C22H18N4O3/c23-19(27)15-8-4-7-14-17(15)12-29-18(14)21-25-20(16-9-10-28-22(16)26-21)24-11-13-5-2-1-3-6-13/h1-8,12H,9-11H2,(H2,23,27)(H,24,25,26). The van der Waals surface area contributed by atoms with Gasteiger partial charge in [0.15, 0.2) is 5.76 Å². The van der Waals surface area contributed by atoms with E-state index in [0.29, 0.717) is 41.6 Å². The van der Waals surface area contributed by atoms with E-state index in [0.717, 1.165) is 28.8 Å². The van der Waals surface area contributed by atoms with Crippen molar-refractivity contribution >= 4 is 22.5 Å². The first kappa shape index (κ1) is 17.2. The van der Waals surface area contributed by atoms with Crippen LogP contribution < -0.4 is 15.8 Å². The Labute approximate surface area is 166 Å². The van der Waals surface area contributed by atoms with Gasteiger partial charge >= 0.3 is 0 Å². The fraction of sp³-hybridized carbons (Fsp3) is 0.136. The molecule has 7 nitrogen and oxygen atoms in total. The Bertz CT molecular complexity index is 1220. The Hall–Kier alpha value is -3.87. The second-order valence-electron chi connectivity index (χ2n) is 6.81. The van der Waals surface area contributed by atoms with Gasteiger partial charge in [-0.05, 0) is 11.6 Å². The number of carbonyl (C=O) groups is 1. The Morgan fingerprint density at radius 3 is 2.76 bits per heavy atom. The predicted octanol–water partition coefficient (Wildman–Crippen LogP) is 3.54. The van der Waals surface area contributed by atoms with E-state index in [1.54, 1.807) is 12.1 Å². The van der Waals surface area contributed by atoms with Crippen molar-refractivity contribution in [1.82, 2.24) is 9.97 Å². The minimum atomic E-state index is -0.508. The van der Waals surface area contributed by atoms with Crippen molar-refractivity contribution in [2.24, 2.45) is 5.73 Å². The molecule has 0 fully saturated rings. The van der Waals surface area contributed by atoms with E-state index in [1.165, 1.54) is 6.26 Å². The summed E-state index contributed by atoms with van der Waals surface area (Å²) in [5.74, 6) is 1.65. The minimum Gasteiger partial charge on any atom is -0.477 e. The summed E-state index contributed by atoms with van der Waals surface area (Å²) in [5, 5.41) is 4.76. The van der Waals surface area contributed by atoms with Crippen LogP contribution in [0.2, 0.25) is 0 Å². The van der Waals surface area contributed by atoms with Crippen molar-refractivity contribution in [1.29, 1.82) is 0 Å². The minimum absolute atomic E-state index is 0.400. The zero-order chi connectivity index (χ0) is 19.8. The number of rotatable bonds is 5. The number of hydrogen-bond donors (Lipinski definition) is 2. The monoisotopic (exact) mass is 386 g/mol. The highest BCUT2D eigenvalue weighted by molar-refractivity contribution is 6.08. The molecule has 0 saturated carbocycles. The molecule has 1 amide bonds. The molecule has 0 radical (unpaired) electrons. The first-order chi connectivity index (χ1) is 14.2. The molecule has 2 aromatic heterocycles. The number of benzene rings is 2. The zero-order valence-electron chi connectivity index (χ0n) is 15.5. The van der Waals surface area contributed by atoms with Crippen molar-refractivity contribution in [2.75, 3.05) is 11.9 Å². The number of ether oxygens (including phenoxy) is 1. The number of furan rings is 1. The molecule has 4 aromatic rings. The Balaban J connectivity index is 1.57. The summed E-state index contributed by atoms with van der Waals surface area (Å²) >= 11 is 0. The van der Waals surface area contributed by atoms with Crippen molar-refractivity contribution in [3.63, 3.8) is 0 Å². The maximum Gasteiger partial charge on any atom is 0.249 e. The van der Waals surface area contributed by atoms with Gasteiger partial charge in [0.25, 0.3) is 0 Å². The molecule has 3 N–H and O–H groups in total. The van der Waals surface area contributed by atoms with E-state index in [-0.39, 0.29) is 0 Å². The number of fused-ring (bicyclic) bond motifs is 2. The van der Waals surface area contributed by atoms with Gasteiger partial charge in [0.2, 0.25) is 17.6 Å². The number of aromatic nitrogens is 2. The molecule has 2 aromatic carbocycles. The smallest absolute Gasteiger partial charge is 0.249 e. The van der Waals surface area contributed by atoms with Gasteiger partial charge in [-0.3, -0.25) is 4.79 Å². The first-order valence-electron chi connectivity index (χ1n) is 9.32. The van der Waals surface area contributed by atoms with Crippen LogP contribution in [-0.2, 0) is 13.0 Å². The highest BCUT2D eigenvalue weighted by Gasteiger charge is 2.24. The average molecular weight is 386 g/mol. The van der Waals surface area contributed by atoms with Crippen LogP contribution in [-0.4, -0.2) is 22.5 Å². The van der Waals surface area contributed by atoms with Gasteiger partial charge in [-0.2, -0.15) is 4.98 Å². The van der Waals surface area contributed by atoms with E-state index < -0.39 is 5.91 Å². The van der Waals surface area contributed by atoms with Crippen LogP contribution in [0.4, 0.5) is 5.82 Å². The molecule has 0 saturated heterocycles. The second kappa shape index (κ2) is 6.94. The lowest BCUT2D eigenvalue weighted by Gasteiger charge is -2.10. The number of nitrogens with one attached hydrogen (secondary N) is 1. The third kappa shape index (κ3) is 3.06. The van der Waals surface area contributed by atoms with Crippen LogP contribution in [0.1, 0.15) is 21.5 Å². The van der Waals surface area contributed by atoms with Crippen LogP contribution in [0.5, 0.6) is 5.88 Å². The van der Waals surface area contributed by atoms with E-state index in [2.05, 4.69) is 22.4 Å². The highest BCUT2D eigenvalue weighted by Crippen LogP contribution is 2.35. The molecule has 0 aliphatic carbocycles. The Kier molecular flexibility index (Phi) is 4.13. The fourth-order valence-corrected chi connectivity index (χ4v) is 3.55. The third-order valence-electron chi connectivity index (χ3n) is 4.98. The van der Waals surface area contributed by atoms with Gasteiger partial charge in [-0.25, -0.2) is 4.98 Å². The number of primary amides is 1. The molecule has 7 heteroatoms. The summed E-state index contributed by atoms with van der Waals surface area (Å²) in [4.78, 5) is 21.0. The van der Waals surface area contributed by atoms with Gasteiger partial charge in [0, 0.05) is 23.7 Å². The van der Waals surface area contributed by atoms with Crippen LogP contribution in [0.15, 0.2) is 59.2 Å². The average Bonchev–Trinajstić information content (AvgIpc) is 3.39. The summed E-state index contributed by atoms with van der Waals surface area (Å²) in [6, 6.07) is 15.4. The molecule has 29 heavy (non-hydrogen) atoms. The lowest BCUT2D eigenvalue weighted by Crippen LogP contribution is -2.10. The van der Waals surface area contributed by atoms with Gasteiger partial charge in [0.1, 0.15) is 12.1 Å². The normalized spacial score (nSPS) is 12.6. The van der Waals surface area contributed by atoms with Gasteiger partial charge in [-0.15, -0.1) is 0 Å². The first-order valence-corrected chi connectivity index (χ1v) is 9.32. The molecule has 3 heterocycles. The fourth-order valence-electron chi connectivity index (χ4n) is 3.55. The van der Waals surface area contributed by atoms with Gasteiger partial charge in [-0.1, -0.05) is 42.5 Å². The van der Waals surface area contributed by atoms with Crippen molar-refractivity contribution in [3.05, 3.63) is 71.5 Å². The van der Waals surface area contributed by atoms with Gasteiger partial charge in [0.05, 0.1) is 17.7 Å². The number of nitrogens with zero attached hydrogens (tertiary/aromatic N) is 2. The number of nitrogens with two attached hydrogens (primary N) is 1. The number of carbonyl (C=O) groups excluding carboxylic acids is 1. The Morgan fingerprint density at radius 2 is 1.93 bits per heavy atom. The van der Waals surface area contributed by atoms with Crippen molar-refractivity contribution < 1.29 is 13.9 Å². The third-order valence-corrected chi connectivity index (χ3v) is 4.98. The van der Waals surface area contributed by atoms with Crippen LogP contribution in [0.25, 0.3) is 22.4 Å². The molecule has 144 valence electrons. The summed E-state index contributed by atoms with van der Waals surface area (Å²) in [6.07, 6.45) is 2.26. The summed E-state index contributed by atoms with van der Waals surface area (Å²) in [7, 11) is 0. The summed E-state index contributed by atoms with van der Waals surface area (Å²) < 4.78 is 11.5. The molecule has 1 aliphatic heterocycles. The van der Waals surface area contributed by atoms with E-state index in [1.807, 2.05) is 24.3 Å². The number of anilines is 1. The van der Waals surface area contributed by atoms with Crippen molar-refractivity contribution in [3.8, 4) is 17.5 Å². The van der Waals surface area contributed by atoms with Crippen LogP contribution in [0.3, 0.4) is 0 Å². The molecule has 0 spiro atoms. The van der Waals surface area contributed by atoms with Crippen LogP contribution >= 0.6 is 0 Å². The lowest BCUT2D eigenvalue weighted by molar-refractivity contribution is 0.100. The molecular weight excluding hydrogens is 368 g/mol. The quantitative estimate of drug-likeness (QED) is 0.544. The van der Waals surface area contributed by atoms with E-state index >= 15 is 0 Å². The largest absolute Gasteiger partial charge is 0.477 e. The number of hydrogen-bond acceptors (Lipinski definition) is 6. The Morgan fingerprint density at radius 1 is 1.07 bits per heavy atom. The molecular formula is C22H18N4O3. The van der Waals surface area contributed by atoms with E-state index in [4.69, 9.17) is 19.9 Å². The summed E-state index contributed by atoms with van der Waals surface area (Å²) in [6.45, 7) is 1.20. The molecule has 1 aliphatic rings. The maximum absolute atomic E-state index is 11.7. The molecule has 0 atom stereocenters. The lowest BCUT2D eigenvalue weighted by atomic mass is 10.1. The zero-order valence-corrected chi connectivity index (χ0v) is 15.5. The maximum atomic E-state index is 11.7. The topological polar surface area (TPSA) is 103 Å². The second-order valence-corrected chi connectivity index (χ2v) is 6.81. The van der Waals surface area contributed by atoms with Gasteiger partial charge < -0.3 is 20.2 Å². The van der Waals surface area contributed by atoms with Crippen LogP contribution in [0, 0.1) is 0 Å². The molecule has 0 bridgehead atoms.